The Morgan fingerprint density at radius 3 is 2.31 bits per heavy atom. The summed E-state index contributed by atoms with van der Waals surface area (Å²) >= 11 is 0. The van der Waals surface area contributed by atoms with Crippen LogP contribution in [0.25, 0.3) is 10.9 Å². The Morgan fingerprint density at radius 1 is 1.08 bits per heavy atom. The first-order valence-corrected chi connectivity index (χ1v) is 10.6. The van der Waals surface area contributed by atoms with Gasteiger partial charge in [-0.3, -0.25) is 13.9 Å². The summed E-state index contributed by atoms with van der Waals surface area (Å²) in [6.07, 6.45) is 2.81. The molecule has 26 heavy (non-hydrogen) atoms. The molecule has 0 radical (unpaired) electrons. The molecule has 8 heteroatoms. The highest BCUT2D eigenvalue weighted by atomic mass is 32.2. The third-order valence-electron chi connectivity index (χ3n) is 5.39. The number of nitrogens with zero attached hydrogens (tertiary/aromatic N) is 2. The molecule has 3 rings (SSSR count). The van der Waals surface area contributed by atoms with E-state index in [1.165, 1.54) is 16.7 Å². The van der Waals surface area contributed by atoms with Crippen molar-refractivity contribution in [3.63, 3.8) is 0 Å². The van der Waals surface area contributed by atoms with Gasteiger partial charge in [0, 0.05) is 19.1 Å². The second-order valence-electron chi connectivity index (χ2n) is 6.73. The SMILES string of the molecule is CC[C@@H]1CC[C@H]1NS(=O)(=O)c1ccc2c(c1)c(=O)n(CC)c(=O)n2CC. The molecule has 1 fully saturated rings. The fraction of sp³-hybridized carbons (Fsp3) is 0.556. The van der Waals surface area contributed by atoms with Gasteiger partial charge in [-0.2, -0.15) is 0 Å². The lowest BCUT2D eigenvalue weighted by atomic mass is 9.79. The first-order valence-electron chi connectivity index (χ1n) is 9.13. The number of benzene rings is 1. The van der Waals surface area contributed by atoms with Crippen LogP contribution < -0.4 is 16.0 Å². The van der Waals surface area contributed by atoms with Crippen molar-refractivity contribution < 1.29 is 8.42 Å². The van der Waals surface area contributed by atoms with Crippen molar-refractivity contribution in [1.29, 1.82) is 0 Å². The number of aryl methyl sites for hydroxylation is 1. The third kappa shape index (κ3) is 3.01. The summed E-state index contributed by atoms with van der Waals surface area (Å²) in [6, 6.07) is 4.36. The van der Waals surface area contributed by atoms with E-state index in [9.17, 15) is 18.0 Å². The van der Waals surface area contributed by atoms with Crippen LogP contribution in [0.1, 0.15) is 40.0 Å². The summed E-state index contributed by atoms with van der Waals surface area (Å²) in [5.74, 6) is 0.368. The number of aromatic nitrogens is 2. The molecule has 2 atom stereocenters. The first-order chi connectivity index (χ1) is 12.3. The minimum atomic E-state index is -3.71. The summed E-state index contributed by atoms with van der Waals surface area (Å²) in [6.45, 7) is 6.24. The van der Waals surface area contributed by atoms with E-state index in [2.05, 4.69) is 11.6 Å². The number of hydrogen-bond acceptors (Lipinski definition) is 4. The van der Waals surface area contributed by atoms with Gasteiger partial charge in [-0.1, -0.05) is 13.3 Å². The minimum absolute atomic E-state index is 0.0439. The molecular formula is C18H25N3O4S. The van der Waals surface area contributed by atoms with Crippen LogP contribution in [0.15, 0.2) is 32.7 Å². The molecule has 1 aromatic heterocycles. The van der Waals surface area contributed by atoms with Crippen molar-refractivity contribution in [3.05, 3.63) is 39.0 Å². The zero-order chi connectivity index (χ0) is 19.1. The molecule has 0 amide bonds. The molecule has 1 aliphatic rings. The molecule has 0 bridgehead atoms. The molecular weight excluding hydrogens is 354 g/mol. The van der Waals surface area contributed by atoms with Gasteiger partial charge in [0.15, 0.2) is 0 Å². The van der Waals surface area contributed by atoms with Crippen molar-refractivity contribution in [1.82, 2.24) is 13.9 Å². The fourth-order valence-corrected chi connectivity index (χ4v) is 5.00. The number of nitrogens with one attached hydrogen (secondary N) is 1. The van der Waals surface area contributed by atoms with Crippen LogP contribution in [0.4, 0.5) is 0 Å². The van der Waals surface area contributed by atoms with E-state index in [-0.39, 0.29) is 28.6 Å². The lowest BCUT2D eigenvalue weighted by Crippen LogP contribution is -2.46. The molecule has 1 aromatic carbocycles. The van der Waals surface area contributed by atoms with Crippen LogP contribution >= 0.6 is 0 Å². The molecule has 7 nitrogen and oxygen atoms in total. The van der Waals surface area contributed by atoms with Gasteiger partial charge in [0.2, 0.25) is 10.0 Å². The number of fused-ring (bicyclic) bond motifs is 1. The standard InChI is InChI=1S/C18H25N3O4S/c1-4-12-7-9-15(12)19-26(24,25)13-8-10-16-14(11-13)17(22)21(6-3)18(23)20(16)5-2/h8,10-12,15,19H,4-7,9H2,1-3H3/t12-,15-/m1/s1. The predicted octanol–water partition coefficient (Wildman–Crippen LogP) is 1.67. The maximum absolute atomic E-state index is 12.7. The number of hydrogen-bond donors (Lipinski definition) is 1. The highest BCUT2D eigenvalue weighted by Crippen LogP contribution is 2.31. The summed E-state index contributed by atoms with van der Waals surface area (Å²) in [5, 5.41) is 0.247. The van der Waals surface area contributed by atoms with Gasteiger partial charge in [0.05, 0.1) is 15.8 Å². The van der Waals surface area contributed by atoms with Gasteiger partial charge >= 0.3 is 5.69 Å². The smallest absolute Gasteiger partial charge is 0.293 e. The van der Waals surface area contributed by atoms with Crippen molar-refractivity contribution in [2.75, 3.05) is 0 Å². The Kier molecular flexibility index (Phi) is 5.07. The molecule has 142 valence electrons. The topological polar surface area (TPSA) is 90.2 Å². The predicted molar refractivity (Wildman–Crippen MR) is 101 cm³/mol. The third-order valence-corrected chi connectivity index (χ3v) is 6.87. The van der Waals surface area contributed by atoms with Crippen LogP contribution in [0.2, 0.25) is 0 Å². The number of sulfonamides is 1. The largest absolute Gasteiger partial charge is 0.331 e. The maximum Gasteiger partial charge on any atom is 0.331 e. The maximum atomic E-state index is 12.7. The van der Waals surface area contributed by atoms with Crippen LogP contribution in [-0.4, -0.2) is 23.6 Å². The highest BCUT2D eigenvalue weighted by Gasteiger charge is 2.33. The Labute approximate surface area is 152 Å². The Morgan fingerprint density at radius 2 is 1.77 bits per heavy atom. The van der Waals surface area contributed by atoms with Crippen LogP contribution in [0, 0.1) is 5.92 Å². The molecule has 1 saturated carbocycles. The monoisotopic (exact) mass is 379 g/mol. The molecule has 1 aliphatic carbocycles. The van der Waals surface area contributed by atoms with Crippen molar-refractivity contribution in [2.45, 2.75) is 64.1 Å². The molecule has 1 heterocycles. The molecule has 0 saturated heterocycles. The van der Waals surface area contributed by atoms with Crippen molar-refractivity contribution in [2.24, 2.45) is 5.92 Å². The average Bonchev–Trinajstić information content (AvgIpc) is 2.60. The molecule has 2 aromatic rings. The van der Waals surface area contributed by atoms with E-state index in [0.29, 0.717) is 18.0 Å². The van der Waals surface area contributed by atoms with E-state index >= 15 is 0 Å². The van der Waals surface area contributed by atoms with E-state index in [1.807, 2.05) is 6.92 Å². The van der Waals surface area contributed by atoms with Gasteiger partial charge in [-0.15, -0.1) is 0 Å². The van der Waals surface area contributed by atoms with E-state index in [4.69, 9.17) is 0 Å². The number of rotatable bonds is 6. The summed E-state index contributed by atoms with van der Waals surface area (Å²) in [4.78, 5) is 25.1. The lowest BCUT2D eigenvalue weighted by Gasteiger charge is -2.36. The van der Waals surface area contributed by atoms with Crippen molar-refractivity contribution in [3.8, 4) is 0 Å². The van der Waals surface area contributed by atoms with E-state index in [0.717, 1.165) is 23.8 Å². The fourth-order valence-electron chi connectivity index (χ4n) is 3.63. The van der Waals surface area contributed by atoms with Crippen molar-refractivity contribution >= 4 is 20.9 Å². The Bertz CT molecular complexity index is 1050. The molecule has 1 N–H and O–H groups in total. The quantitative estimate of drug-likeness (QED) is 0.827. The van der Waals surface area contributed by atoms with E-state index < -0.39 is 15.6 Å². The first kappa shape index (κ1) is 18.8. The van der Waals surface area contributed by atoms with Gasteiger partial charge < -0.3 is 0 Å². The molecule has 0 unspecified atom stereocenters. The van der Waals surface area contributed by atoms with Gasteiger partial charge in [0.1, 0.15) is 0 Å². The zero-order valence-corrected chi connectivity index (χ0v) is 16.2. The second kappa shape index (κ2) is 7.00. The van der Waals surface area contributed by atoms with Gasteiger partial charge in [-0.05, 0) is 50.8 Å². The summed E-state index contributed by atoms with van der Waals surface area (Å²) < 4.78 is 30.9. The second-order valence-corrected chi connectivity index (χ2v) is 8.44. The van der Waals surface area contributed by atoms with Crippen LogP contribution in [-0.2, 0) is 23.1 Å². The van der Waals surface area contributed by atoms with E-state index in [1.54, 1.807) is 13.0 Å². The lowest BCUT2D eigenvalue weighted by molar-refractivity contribution is 0.230. The zero-order valence-electron chi connectivity index (χ0n) is 15.4. The highest BCUT2D eigenvalue weighted by molar-refractivity contribution is 7.89. The van der Waals surface area contributed by atoms with Crippen LogP contribution in [0.5, 0.6) is 0 Å². The normalized spacial score (nSPS) is 20.3. The summed E-state index contributed by atoms with van der Waals surface area (Å²) in [7, 11) is -3.71. The summed E-state index contributed by atoms with van der Waals surface area (Å²) in [5.41, 5.74) is -0.368. The minimum Gasteiger partial charge on any atom is -0.293 e. The molecule has 0 aliphatic heterocycles. The van der Waals surface area contributed by atoms with Gasteiger partial charge in [-0.25, -0.2) is 17.9 Å². The Balaban J connectivity index is 2.12. The molecule has 0 spiro atoms. The Hall–Kier alpha value is -1.93. The van der Waals surface area contributed by atoms with Gasteiger partial charge in [0.25, 0.3) is 5.56 Å². The van der Waals surface area contributed by atoms with Crippen LogP contribution in [0.3, 0.4) is 0 Å². The average molecular weight is 379 g/mol.